The second kappa shape index (κ2) is 5.12. The Labute approximate surface area is 102 Å². The minimum Gasteiger partial charge on any atom is -0.393 e. The number of aliphatic hydroxyl groups excluding tert-OH is 1. The first kappa shape index (κ1) is 12.5. The van der Waals surface area contributed by atoms with Gasteiger partial charge in [-0.1, -0.05) is 6.07 Å². The zero-order valence-corrected chi connectivity index (χ0v) is 10.2. The summed E-state index contributed by atoms with van der Waals surface area (Å²) in [7, 11) is 0. The monoisotopic (exact) mass is 236 g/mol. The van der Waals surface area contributed by atoms with E-state index in [1.165, 1.54) is 5.56 Å². The van der Waals surface area contributed by atoms with Gasteiger partial charge in [0.05, 0.1) is 17.9 Å². The fraction of sp³-hybridized carbons (Fsp3) is 0.615. The number of aromatic nitrogens is 1. The molecule has 0 radical (unpaired) electrons. The van der Waals surface area contributed by atoms with Crippen LogP contribution in [-0.2, 0) is 6.42 Å². The number of pyridine rings is 1. The maximum absolute atomic E-state index is 9.77. The number of fused-ring (bicyclic) bond motifs is 1. The molecule has 0 saturated heterocycles. The Morgan fingerprint density at radius 2 is 2.41 bits per heavy atom. The van der Waals surface area contributed by atoms with Crippen LogP contribution >= 0.6 is 0 Å². The van der Waals surface area contributed by atoms with Gasteiger partial charge in [-0.15, -0.1) is 0 Å². The fourth-order valence-corrected chi connectivity index (χ4v) is 2.21. The molecular formula is C13H20N2O2. The number of rotatable bonds is 4. The van der Waals surface area contributed by atoms with Gasteiger partial charge in [-0.05, 0) is 37.8 Å². The number of nitrogens with zero attached hydrogens (tertiary/aromatic N) is 1. The van der Waals surface area contributed by atoms with Crippen LogP contribution in [0.3, 0.4) is 0 Å². The van der Waals surface area contributed by atoms with Crippen LogP contribution in [0.25, 0.3) is 0 Å². The Morgan fingerprint density at radius 1 is 1.59 bits per heavy atom. The molecule has 94 valence electrons. The van der Waals surface area contributed by atoms with Crippen molar-refractivity contribution in [1.82, 2.24) is 10.3 Å². The van der Waals surface area contributed by atoms with Crippen LogP contribution in [0, 0.1) is 0 Å². The van der Waals surface area contributed by atoms with E-state index in [1.807, 2.05) is 12.3 Å². The zero-order valence-electron chi connectivity index (χ0n) is 10.2. The summed E-state index contributed by atoms with van der Waals surface area (Å²) in [6.45, 7) is 1.77. The molecule has 2 unspecified atom stereocenters. The van der Waals surface area contributed by atoms with E-state index in [0.29, 0.717) is 6.54 Å². The molecule has 1 aromatic heterocycles. The average Bonchev–Trinajstić information content (AvgIpc) is 2.36. The van der Waals surface area contributed by atoms with Crippen molar-refractivity contribution in [3.05, 3.63) is 29.6 Å². The molecule has 4 heteroatoms. The third kappa shape index (κ3) is 3.03. The first-order valence-corrected chi connectivity index (χ1v) is 6.13. The van der Waals surface area contributed by atoms with E-state index in [1.54, 1.807) is 6.92 Å². The fourth-order valence-electron chi connectivity index (χ4n) is 2.21. The number of nitrogens with one attached hydrogen (secondary N) is 1. The van der Waals surface area contributed by atoms with Crippen LogP contribution in [-0.4, -0.2) is 33.9 Å². The van der Waals surface area contributed by atoms with Crippen molar-refractivity contribution in [2.75, 3.05) is 13.2 Å². The van der Waals surface area contributed by atoms with Gasteiger partial charge < -0.3 is 15.5 Å². The summed E-state index contributed by atoms with van der Waals surface area (Å²) in [5.74, 6) is 0. The summed E-state index contributed by atoms with van der Waals surface area (Å²) in [6, 6.07) is 4.27. The number of hydrogen-bond donors (Lipinski definition) is 3. The predicted octanol–water partition coefficient (Wildman–Crippen LogP) is 0.792. The van der Waals surface area contributed by atoms with E-state index >= 15 is 0 Å². The van der Waals surface area contributed by atoms with Gasteiger partial charge >= 0.3 is 0 Å². The van der Waals surface area contributed by atoms with E-state index in [9.17, 15) is 5.11 Å². The summed E-state index contributed by atoms with van der Waals surface area (Å²) in [6.07, 6.45) is 5.06. The Morgan fingerprint density at radius 3 is 3.18 bits per heavy atom. The van der Waals surface area contributed by atoms with Gasteiger partial charge in [0.25, 0.3) is 0 Å². The highest BCUT2D eigenvalue weighted by molar-refractivity contribution is 5.25. The lowest BCUT2D eigenvalue weighted by molar-refractivity contribution is 0.000201. The Kier molecular flexibility index (Phi) is 3.76. The van der Waals surface area contributed by atoms with Gasteiger partial charge in [0.2, 0.25) is 0 Å². The minimum atomic E-state index is -1.06. The third-order valence-electron chi connectivity index (χ3n) is 3.27. The number of hydrogen-bond acceptors (Lipinski definition) is 4. The third-order valence-corrected chi connectivity index (χ3v) is 3.27. The van der Waals surface area contributed by atoms with E-state index in [-0.39, 0.29) is 12.6 Å². The first-order valence-electron chi connectivity index (χ1n) is 6.13. The highest BCUT2D eigenvalue weighted by atomic mass is 16.3. The molecule has 0 spiro atoms. The molecule has 0 bridgehead atoms. The Bertz CT molecular complexity index is 379. The molecule has 0 aromatic carbocycles. The SMILES string of the molecule is CC(O)(CO)CNC1CCCc2cccnc21. The van der Waals surface area contributed by atoms with Crippen molar-refractivity contribution in [2.45, 2.75) is 37.8 Å². The molecular weight excluding hydrogens is 216 g/mol. The normalized spacial score (nSPS) is 22.9. The lowest BCUT2D eigenvalue weighted by Crippen LogP contribution is -2.43. The largest absolute Gasteiger partial charge is 0.393 e. The van der Waals surface area contributed by atoms with Crippen molar-refractivity contribution in [2.24, 2.45) is 0 Å². The van der Waals surface area contributed by atoms with E-state index in [4.69, 9.17) is 5.11 Å². The summed E-state index contributed by atoms with van der Waals surface area (Å²) in [4.78, 5) is 4.42. The molecule has 2 atom stereocenters. The highest BCUT2D eigenvalue weighted by Gasteiger charge is 2.25. The molecule has 17 heavy (non-hydrogen) atoms. The van der Waals surface area contributed by atoms with Crippen molar-refractivity contribution in [3.8, 4) is 0 Å². The van der Waals surface area contributed by atoms with Crippen LogP contribution in [0.15, 0.2) is 18.3 Å². The Hall–Kier alpha value is -0.970. The van der Waals surface area contributed by atoms with Gasteiger partial charge in [0.1, 0.15) is 0 Å². The van der Waals surface area contributed by atoms with Crippen molar-refractivity contribution in [1.29, 1.82) is 0 Å². The maximum Gasteiger partial charge on any atom is 0.0973 e. The molecule has 0 aliphatic heterocycles. The first-order chi connectivity index (χ1) is 8.12. The summed E-state index contributed by atoms with van der Waals surface area (Å²) in [5, 5.41) is 22.1. The Balaban J connectivity index is 2.04. The second-order valence-corrected chi connectivity index (χ2v) is 5.03. The molecule has 0 amide bonds. The summed E-state index contributed by atoms with van der Waals surface area (Å²) in [5.41, 5.74) is 1.32. The molecule has 1 aliphatic carbocycles. The van der Waals surface area contributed by atoms with Crippen molar-refractivity contribution >= 4 is 0 Å². The maximum atomic E-state index is 9.77. The predicted molar refractivity (Wildman–Crippen MR) is 65.6 cm³/mol. The standard InChI is InChI=1S/C13H20N2O2/c1-13(17,9-16)8-15-11-6-2-4-10-5-3-7-14-12(10)11/h3,5,7,11,15-17H,2,4,6,8-9H2,1H3. The second-order valence-electron chi connectivity index (χ2n) is 5.03. The minimum absolute atomic E-state index is 0.193. The van der Waals surface area contributed by atoms with Gasteiger partial charge in [-0.2, -0.15) is 0 Å². The van der Waals surface area contributed by atoms with Gasteiger partial charge in [0, 0.05) is 18.8 Å². The van der Waals surface area contributed by atoms with Crippen LogP contribution < -0.4 is 5.32 Å². The molecule has 2 rings (SSSR count). The molecule has 0 fully saturated rings. The van der Waals surface area contributed by atoms with Gasteiger partial charge in [0.15, 0.2) is 0 Å². The average molecular weight is 236 g/mol. The van der Waals surface area contributed by atoms with Crippen LogP contribution in [0.4, 0.5) is 0 Å². The lowest BCUT2D eigenvalue weighted by atomic mass is 9.91. The molecule has 1 aliphatic rings. The van der Waals surface area contributed by atoms with Crippen LogP contribution in [0.5, 0.6) is 0 Å². The van der Waals surface area contributed by atoms with Crippen LogP contribution in [0.1, 0.15) is 37.1 Å². The van der Waals surface area contributed by atoms with Crippen molar-refractivity contribution < 1.29 is 10.2 Å². The number of aliphatic hydroxyl groups is 2. The van der Waals surface area contributed by atoms with E-state index in [0.717, 1.165) is 25.0 Å². The molecule has 1 heterocycles. The van der Waals surface area contributed by atoms with E-state index < -0.39 is 5.60 Å². The van der Waals surface area contributed by atoms with Gasteiger partial charge in [-0.25, -0.2) is 0 Å². The topological polar surface area (TPSA) is 65.4 Å². The smallest absolute Gasteiger partial charge is 0.0973 e. The summed E-state index contributed by atoms with van der Waals surface area (Å²) >= 11 is 0. The number of aryl methyl sites for hydroxylation is 1. The molecule has 3 N–H and O–H groups in total. The van der Waals surface area contributed by atoms with E-state index in [2.05, 4.69) is 16.4 Å². The summed E-state index contributed by atoms with van der Waals surface area (Å²) < 4.78 is 0. The lowest BCUT2D eigenvalue weighted by Gasteiger charge is -2.29. The highest BCUT2D eigenvalue weighted by Crippen LogP contribution is 2.27. The van der Waals surface area contributed by atoms with Gasteiger partial charge in [-0.3, -0.25) is 4.98 Å². The molecule has 0 saturated carbocycles. The quantitative estimate of drug-likeness (QED) is 0.723. The molecule has 1 aromatic rings. The molecule has 4 nitrogen and oxygen atoms in total. The van der Waals surface area contributed by atoms with Crippen molar-refractivity contribution in [3.63, 3.8) is 0 Å². The van der Waals surface area contributed by atoms with Crippen LogP contribution in [0.2, 0.25) is 0 Å². The zero-order chi connectivity index (χ0) is 12.3.